The average Bonchev–Trinajstić information content (AvgIpc) is 2.14. The molecule has 0 heterocycles. The molecule has 0 aromatic heterocycles. The van der Waals surface area contributed by atoms with Crippen LogP contribution < -0.4 is 0 Å². The number of rotatable bonds is 1. The second-order valence-corrected chi connectivity index (χ2v) is 2.61. The fourth-order valence-corrected chi connectivity index (χ4v) is 0.743. The molecular formula is C6H2BF6N3O2. The Morgan fingerprint density at radius 3 is 1.94 bits per heavy atom. The monoisotopic (exact) mass is 273 g/mol. The Kier molecular flexibility index (Phi) is 5.10. The van der Waals surface area contributed by atoms with Gasteiger partial charge in [0.1, 0.15) is 6.07 Å². The molecule has 0 saturated heterocycles. The van der Waals surface area contributed by atoms with Crippen LogP contribution >= 0.6 is 0 Å². The Hall–Kier alpha value is -2.32. The van der Waals surface area contributed by atoms with Crippen molar-refractivity contribution >= 4 is 18.6 Å². The van der Waals surface area contributed by atoms with Crippen LogP contribution in [0.5, 0.6) is 0 Å². The zero-order chi connectivity index (χ0) is 14.5. The lowest BCUT2D eigenvalue weighted by atomic mass is 10.2. The molecule has 12 heteroatoms. The van der Waals surface area contributed by atoms with Gasteiger partial charge in [-0.15, -0.1) is 0 Å². The number of diazo groups is 1. The molecule has 0 amide bonds. The summed E-state index contributed by atoms with van der Waals surface area (Å²) in [5.74, 6) is -2.47. The summed E-state index contributed by atoms with van der Waals surface area (Å²) >= 11 is 0. The number of hydrogen-bond acceptors (Lipinski definition) is 3. The average molecular weight is 273 g/mol. The van der Waals surface area contributed by atoms with Gasteiger partial charge in [-0.25, -0.2) is 0 Å². The predicted molar refractivity (Wildman–Crippen MR) is 47.9 cm³/mol. The van der Waals surface area contributed by atoms with Crippen LogP contribution in [0.3, 0.4) is 0 Å². The first-order chi connectivity index (χ1) is 8.06. The van der Waals surface area contributed by atoms with E-state index in [0.29, 0.717) is 6.07 Å². The minimum Gasteiger partial charge on any atom is -0.418 e. The van der Waals surface area contributed by atoms with E-state index in [1.807, 2.05) is 0 Å². The first-order valence-corrected chi connectivity index (χ1v) is 3.92. The van der Waals surface area contributed by atoms with Crippen molar-refractivity contribution in [3.8, 4) is 0 Å². The van der Waals surface area contributed by atoms with Gasteiger partial charge in [0.15, 0.2) is 4.98 Å². The molecule has 98 valence electrons. The van der Waals surface area contributed by atoms with Gasteiger partial charge in [0.25, 0.3) is 0 Å². The van der Waals surface area contributed by atoms with E-state index in [-0.39, 0.29) is 6.07 Å². The minimum absolute atomic E-state index is 0.285. The second-order valence-electron chi connectivity index (χ2n) is 2.61. The first-order valence-electron chi connectivity index (χ1n) is 3.92. The fraction of sp³-hybridized carbons (Fsp3) is 0. The van der Waals surface area contributed by atoms with Crippen LogP contribution in [0.25, 0.3) is 4.98 Å². The molecule has 5 nitrogen and oxygen atoms in total. The summed E-state index contributed by atoms with van der Waals surface area (Å²) in [5.41, 5.74) is -1.61. The number of nitrogens with zero attached hydrogens (tertiary/aromatic N) is 3. The third-order valence-corrected chi connectivity index (χ3v) is 1.32. The van der Waals surface area contributed by atoms with Gasteiger partial charge in [-0.3, -0.25) is 10.1 Å². The maximum Gasteiger partial charge on any atom is 0.673 e. The van der Waals surface area contributed by atoms with Crippen molar-refractivity contribution in [1.82, 2.24) is 0 Å². The van der Waals surface area contributed by atoms with E-state index in [2.05, 4.69) is 4.98 Å². The van der Waals surface area contributed by atoms with Gasteiger partial charge >= 0.3 is 18.6 Å². The summed E-state index contributed by atoms with van der Waals surface area (Å²) in [6.07, 6.45) is 0. The molecule has 1 aromatic rings. The lowest BCUT2D eigenvalue weighted by Gasteiger charge is -1.94. The highest BCUT2D eigenvalue weighted by Gasteiger charge is 2.25. The van der Waals surface area contributed by atoms with Crippen molar-refractivity contribution in [3.05, 3.63) is 38.9 Å². The molecule has 0 N–H and O–H groups in total. The van der Waals surface area contributed by atoms with Gasteiger partial charge < -0.3 is 17.3 Å². The third-order valence-electron chi connectivity index (χ3n) is 1.32. The second kappa shape index (κ2) is 5.85. The van der Waals surface area contributed by atoms with Crippen molar-refractivity contribution in [2.45, 2.75) is 0 Å². The Bertz CT molecular complexity index is 493. The maximum atomic E-state index is 12.6. The van der Waals surface area contributed by atoms with E-state index in [1.54, 1.807) is 0 Å². The molecule has 0 bridgehead atoms. The van der Waals surface area contributed by atoms with Gasteiger partial charge in [0.2, 0.25) is 17.0 Å². The molecule has 0 saturated carbocycles. The van der Waals surface area contributed by atoms with Gasteiger partial charge in [0, 0.05) is 6.07 Å². The van der Waals surface area contributed by atoms with E-state index in [4.69, 9.17) is 5.39 Å². The van der Waals surface area contributed by atoms with Crippen LogP contribution in [0, 0.1) is 27.1 Å². The summed E-state index contributed by atoms with van der Waals surface area (Å²) in [5, 5.41) is 18.3. The van der Waals surface area contributed by atoms with E-state index < -0.39 is 35.2 Å². The molecular weight excluding hydrogens is 271 g/mol. The standard InChI is InChI=1S/C6H2F2N3O2.BF4/c7-3-1-4(8)6(11(12)13)2-5(3)10-9;2-1(3,4)5/h1-2H;/q+1;-1. The topological polar surface area (TPSA) is 71.3 Å². The van der Waals surface area contributed by atoms with Gasteiger partial charge in [0.05, 0.1) is 4.92 Å². The zero-order valence-electron chi connectivity index (χ0n) is 8.16. The molecule has 0 fully saturated rings. The van der Waals surface area contributed by atoms with Crippen LogP contribution in [0.2, 0.25) is 0 Å². The zero-order valence-corrected chi connectivity index (χ0v) is 8.16. The van der Waals surface area contributed by atoms with Crippen molar-refractivity contribution in [1.29, 1.82) is 5.39 Å². The summed E-state index contributed by atoms with van der Waals surface area (Å²) < 4.78 is 64.2. The molecule has 18 heavy (non-hydrogen) atoms. The number of hydrogen-bond donors (Lipinski definition) is 0. The lowest BCUT2D eigenvalue weighted by molar-refractivity contribution is -0.387. The van der Waals surface area contributed by atoms with Gasteiger partial charge in [-0.1, -0.05) is 0 Å². The molecule has 0 aliphatic rings. The largest absolute Gasteiger partial charge is 0.673 e. The van der Waals surface area contributed by atoms with Crippen LogP contribution in [0.15, 0.2) is 12.1 Å². The van der Waals surface area contributed by atoms with E-state index in [1.165, 1.54) is 0 Å². The highest BCUT2D eigenvalue weighted by Crippen LogP contribution is 2.26. The van der Waals surface area contributed by atoms with Crippen molar-refractivity contribution in [2.24, 2.45) is 0 Å². The third kappa shape index (κ3) is 5.68. The molecule has 0 aliphatic carbocycles. The molecule has 1 aromatic carbocycles. The Morgan fingerprint density at radius 2 is 1.61 bits per heavy atom. The van der Waals surface area contributed by atoms with E-state index in [0.717, 1.165) is 0 Å². The van der Waals surface area contributed by atoms with Gasteiger partial charge in [-0.2, -0.15) is 8.78 Å². The number of halogens is 6. The molecule has 0 unspecified atom stereocenters. The number of nitro groups is 1. The lowest BCUT2D eigenvalue weighted by Crippen LogP contribution is -2.02. The normalized spacial score (nSPS) is 10.1. The van der Waals surface area contributed by atoms with E-state index in [9.17, 15) is 36.2 Å². The predicted octanol–water partition coefficient (Wildman–Crippen LogP) is 3.66. The molecule has 0 aliphatic heterocycles. The Labute approximate surface area is 94.9 Å². The van der Waals surface area contributed by atoms with Crippen LogP contribution in [-0.2, 0) is 0 Å². The summed E-state index contributed by atoms with van der Waals surface area (Å²) in [4.78, 5) is 11.5. The van der Waals surface area contributed by atoms with Gasteiger partial charge in [-0.05, 0) is 0 Å². The van der Waals surface area contributed by atoms with Crippen LogP contribution in [-0.4, -0.2) is 12.2 Å². The summed E-state index contributed by atoms with van der Waals surface area (Å²) in [7, 11) is -6.00. The van der Waals surface area contributed by atoms with Crippen molar-refractivity contribution in [3.63, 3.8) is 0 Å². The maximum absolute atomic E-state index is 12.6. The van der Waals surface area contributed by atoms with Crippen LogP contribution in [0.1, 0.15) is 0 Å². The van der Waals surface area contributed by atoms with E-state index >= 15 is 0 Å². The summed E-state index contributed by atoms with van der Waals surface area (Å²) in [6, 6.07) is 0.790. The minimum atomic E-state index is -6.00. The smallest absolute Gasteiger partial charge is 0.418 e. The van der Waals surface area contributed by atoms with Crippen molar-refractivity contribution < 1.29 is 31.0 Å². The Morgan fingerprint density at radius 1 is 1.17 bits per heavy atom. The molecule has 1 rings (SSSR count). The first kappa shape index (κ1) is 15.7. The summed E-state index contributed by atoms with van der Waals surface area (Å²) in [6.45, 7) is 0. The van der Waals surface area contributed by atoms with Crippen molar-refractivity contribution in [2.75, 3.05) is 0 Å². The highest BCUT2D eigenvalue weighted by atomic mass is 19.5. The Balaban J connectivity index is 0.000000494. The molecule has 0 radical (unpaired) electrons. The highest BCUT2D eigenvalue weighted by molar-refractivity contribution is 6.50. The molecule has 0 spiro atoms. The SMILES string of the molecule is F[B-](F)(F)F.N#[N+]c1cc([N+](=O)[O-])c(F)cc1F. The molecule has 0 atom stereocenters. The van der Waals surface area contributed by atoms with Crippen LogP contribution in [0.4, 0.5) is 37.4 Å². The fourth-order valence-electron chi connectivity index (χ4n) is 0.743. The number of benzene rings is 1. The number of nitro benzene ring substituents is 1. The quantitative estimate of drug-likeness (QED) is 0.257.